The molecule has 3 aromatic heterocycles. The maximum Gasteiger partial charge on any atom is 0.254 e. The van der Waals surface area contributed by atoms with E-state index >= 15 is 0 Å². The number of methoxy groups -OCH3 is 1. The molecule has 1 aromatic carbocycles. The molecule has 0 aliphatic carbocycles. The Hall–Kier alpha value is -3.48. The van der Waals surface area contributed by atoms with Crippen LogP contribution < -0.4 is 10.1 Å². The predicted molar refractivity (Wildman–Crippen MR) is 94.3 cm³/mol. The van der Waals surface area contributed by atoms with Crippen molar-refractivity contribution in [1.82, 2.24) is 24.6 Å². The van der Waals surface area contributed by atoms with Gasteiger partial charge < -0.3 is 10.1 Å². The predicted octanol–water partition coefficient (Wildman–Crippen LogP) is 2.81. The van der Waals surface area contributed by atoms with Gasteiger partial charge in [0.1, 0.15) is 12.1 Å². The first-order chi connectivity index (χ1) is 12.3. The highest BCUT2D eigenvalue weighted by Crippen LogP contribution is 2.21. The van der Waals surface area contributed by atoms with Gasteiger partial charge in [-0.25, -0.2) is 9.97 Å². The maximum absolute atomic E-state index is 5.08. The minimum absolute atomic E-state index is 0.553. The summed E-state index contributed by atoms with van der Waals surface area (Å²) in [6.45, 7) is 0.601. The first-order valence-corrected chi connectivity index (χ1v) is 7.82. The van der Waals surface area contributed by atoms with Crippen molar-refractivity contribution in [2.75, 3.05) is 12.4 Å². The molecule has 25 heavy (non-hydrogen) atoms. The first-order valence-electron chi connectivity index (χ1n) is 7.82. The molecule has 0 amide bonds. The normalized spacial score (nSPS) is 10.8. The summed E-state index contributed by atoms with van der Waals surface area (Å²) in [6.07, 6.45) is 3.28. The van der Waals surface area contributed by atoms with Gasteiger partial charge in [-0.05, 0) is 5.56 Å². The van der Waals surface area contributed by atoms with Crippen LogP contribution in [0.5, 0.6) is 5.88 Å². The van der Waals surface area contributed by atoms with Gasteiger partial charge in [0, 0.05) is 30.4 Å². The number of rotatable bonds is 5. The molecule has 1 N–H and O–H groups in total. The van der Waals surface area contributed by atoms with Crippen molar-refractivity contribution in [2.24, 2.45) is 0 Å². The van der Waals surface area contributed by atoms with E-state index < -0.39 is 0 Å². The lowest BCUT2D eigenvalue weighted by Gasteiger charge is -2.10. The molecule has 0 saturated heterocycles. The highest BCUT2D eigenvalue weighted by molar-refractivity contribution is 5.65. The van der Waals surface area contributed by atoms with E-state index in [2.05, 4.69) is 25.4 Å². The van der Waals surface area contributed by atoms with E-state index in [1.807, 2.05) is 48.5 Å². The van der Waals surface area contributed by atoms with Gasteiger partial charge in [0.15, 0.2) is 0 Å². The average molecular weight is 332 g/mol. The van der Waals surface area contributed by atoms with Gasteiger partial charge in [-0.3, -0.25) is 0 Å². The van der Waals surface area contributed by atoms with Crippen molar-refractivity contribution in [3.05, 3.63) is 66.6 Å². The van der Waals surface area contributed by atoms with Gasteiger partial charge in [0.05, 0.1) is 12.8 Å². The van der Waals surface area contributed by atoms with E-state index in [1.54, 1.807) is 17.8 Å². The topological polar surface area (TPSA) is 77.2 Å². The lowest BCUT2D eigenvalue weighted by atomic mass is 10.1. The number of aromatic nitrogens is 5. The van der Waals surface area contributed by atoms with Crippen LogP contribution in [0.15, 0.2) is 61.1 Å². The second-order valence-electron chi connectivity index (χ2n) is 5.43. The molecule has 7 heteroatoms. The zero-order valence-electron chi connectivity index (χ0n) is 13.6. The molecular weight excluding hydrogens is 316 g/mol. The molecule has 0 radical (unpaired) electrons. The number of hydrogen-bond donors (Lipinski definition) is 1. The van der Waals surface area contributed by atoms with Crippen molar-refractivity contribution in [1.29, 1.82) is 0 Å². The van der Waals surface area contributed by atoms with Gasteiger partial charge in [0.25, 0.3) is 5.78 Å². The number of benzene rings is 1. The summed E-state index contributed by atoms with van der Waals surface area (Å²) in [7, 11) is 1.60. The Bertz CT molecular complexity index is 982. The third-order valence-corrected chi connectivity index (χ3v) is 3.80. The summed E-state index contributed by atoms with van der Waals surface area (Å²) in [5.74, 6) is 1.96. The molecule has 0 fully saturated rings. The molecule has 7 nitrogen and oxygen atoms in total. The van der Waals surface area contributed by atoms with Crippen LogP contribution in [0.4, 0.5) is 5.82 Å². The number of pyridine rings is 1. The van der Waals surface area contributed by atoms with E-state index in [9.17, 15) is 0 Å². The van der Waals surface area contributed by atoms with E-state index in [0.29, 0.717) is 18.2 Å². The van der Waals surface area contributed by atoms with E-state index in [-0.39, 0.29) is 0 Å². The Morgan fingerprint density at radius 2 is 1.96 bits per heavy atom. The molecule has 0 spiro atoms. The van der Waals surface area contributed by atoms with Gasteiger partial charge in [-0.15, -0.1) is 0 Å². The number of anilines is 1. The van der Waals surface area contributed by atoms with Crippen LogP contribution in [-0.4, -0.2) is 31.7 Å². The molecule has 0 saturated carbocycles. The summed E-state index contributed by atoms with van der Waals surface area (Å²) in [5.41, 5.74) is 2.91. The molecule has 0 aliphatic rings. The summed E-state index contributed by atoms with van der Waals surface area (Å²) >= 11 is 0. The Labute approximate surface area is 144 Å². The minimum atomic E-state index is 0.553. The monoisotopic (exact) mass is 332 g/mol. The smallest absolute Gasteiger partial charge is 0.254 e. The van der Waals surface area contributed by atoms with Crippen LogP contribution in [-0.2, 0) is 6.54 Å². The summed E-state index contributed by atoms with van der Waals surface area (Å²) in [6, 6.07) is 15.8. The van der Waals surface area contributed by atoms with Crippen LogP contribution in [0.3, 0.4) is 0 Å². The van der Waals surface area contributed by atoms with Crippen molar-refractivity contribution in [3.8, 4) is 17.1 Å². The fraction of sp³-hybridized carbons (Fsp3) is 0.111. The molecule has 0 atom stereocenters. The molecule has 0 bridgehead atoms. The lowest BCUT2D eigenvalue weighted by molar-refractivity contribution is 0.397. The largest absolute Gasteiger partial charge is 0.481 e. The maximum atomic E-state index is 5.08. The molecule has 4 aromatic rings. The van der Waals surface area contributed by atoms with Crippen LogP contribution in [0, 0.1) is 0 Å². The quantitative estimate of drug-likeness (QED) is 0.605. The third kappa shape index (κ3) is 3.12. The van der Waals surface area contributed by atoms with Crippen molar-refractivity contribution in [3.63, 3.8) is 0 Å². The molecular formula is C18H16N6O. The molecule has 124 valence electrons. The van der Waals surface area contributed by atoms with Crippen LogP contribution in [0.2, 0.25) is 0 Å². The first kappa shape index (κ1) is 15.1. The van der Waals surface area contributed by atoms with Crippen LogP contribution in [0.1, 0.15) is 5.56 Å². The van der Waals surface area contributed by atoms with E-state index in [4.69, 9.17) is 4.74 Å². The number of nitrogens with zero attached hydrogens (tertiary/aromatic N) is 5. The highest BCUT2D eigenvalue weighted by atomic mass is 16.5. The summed E-state index contributed by atoms with van der Waals surface area (Å²) in [5, 5.41) is 7.62. The molecule has 0 unspecified atom stereocenters. The van der Waals surface area contributed by atoms with Crippen molar-refractivity contribution in [2.45, 2.75) is 6.54 Å². The van der Waals surface area contributed by atoms with Gasteiger partial charge in [-0.1, -0.05) is 36.4 Å². The van der Waals surface area contributed by atoms with Crippen molar-refractivity contribution >= 4 is 11.6 Å². The minimum Gasteiger partial charge on any atom is -0.481 e. The molecule has 4 rings (SSSR count). The summed E-state index contributed by atoms with van der Waals surface area (Å²) < 4.78 is 6.77. The Kier molecular flexibility index (Phi) is 3.96. The average Bonchev–Trinajstić information content (AvgIpc) is 3.16. The van der Waals surface area contributed by atoms with Crippen LogP contribution >= 0.6 is 0 Å². The van der Waals surface area contributed by atoms with Crippen LogP contribution in [0.25, 0.3) is 17.0 Å². The third-order valence-electron chi connectivity index (χ3n) is 3.80. The second kappa shape index (κ2) is 6.56. The van der Waals surface area contributed by atoms with Gasteiger partial charge in [0.2, 0.25) is 5.88 Å². The zero-order chi connectivity index (χ0) is 17.1. The number of nitrogens with one attached hydrogen (secondary N) is 1. The Morgan fingerprint density at radius 3 is 2.72 bits per heavy atom. The zero-order valence-corrected chi connectivity index (χ0v) is 13.6. The fourth-order valence-electron chi connectivity index (χ4n) is 2.52. The molecule has 3 heterocycles. The summed E-state index contributed by atoms with van der Waals surface area (Å²) in [4.78, 5) is 13.0. The highest BCUT2D eigenvalue weighted by Gasteiger charge is 2.09. The number of hydrogen-bond acceptors (Lipinski definition) is 6. The van der Waals surface area contributed by atoms with Crippen molar-refractivity contribution < 1.29 is 4.74 Å². The van der Waals surface area contributed by atoms with E-state index in [0.717, 1.165) is 22.6 Å². The number of fused-ring (bicyclic) bond motifs is 1. The van der Waals surface area contributed by atoms with Gasteiger partial charge >= 0.3 is 0 Å². The number of ether oxygens (including phenoxy) is 1. The Balaban J connectivity index is 1.64. The molecule has 0 aliphatic heterocycles. The van der Waals surface area contributed by atoms with E-state index in [1.165, 1.54) is 6.33 Å². The standard InChI is InChI=1S/C18H16N6O/c1-25-17-8-7-13(11-20-17)10-19-16-9-15(14-5-3-2-4-6-14)23-18-21-12-22-24(16)18/h2-9,11-12,19H,10H2,1H3. The second-order valence-corrected chi connectivity index (χ2v) is 5.43. The SMILES string of the molecule is COc1ccc(CNc2cc(-c3ccccc3)nc3ncnn23)cn1. The Morgan fingerprint density at radius 1 is 1.08 bits per heavy atom. The fourth-order valence-corrected chi connectivity index (χ4v) is 2.52. The van der Waals surface area contributed by atoms with Gasteiger partial charge in [-0.2, -0.15) is 14.6 Å². The lowest BCUT2D eigenvalue weighted by Crippen LogP contribution is -2.07.